The second-order valence-corrected chi connectivity index (χ2v) is 1.33. The van der Waals surface area contributed by atoms with Crippen molar-refractivity contribution in [3.05, 3.63) is 0 Å². The Morgan fingerprint density at radius 1 is 1.62 bits per heavy atom. The van der Waals surface area contributed by atoms with Crippen molar-refractivity contribution in [1.82, 2.24) is 0 Å². The first kappa shape index (κ1) is 11.5. The van der Waals surface area contributed by atoms with Gasteiger partial charge in [-0.25, -0.2) is 0 Å². The predicted molar refractivity (Wildman–Crippen MR) is 26.9 cm³/mol. The Morgan fingerprint density at radius 3 is 2.25 bits per heavy atom. The smallest absolute Gasteiger partial charge is 0.305 e. The molecular weight excluding hydrogens is 251 g/mol. The molecule has 0 aliphatic carbocycles. The molecule has 0 spiro atoms. The van der Waals surface area contributed by atoms with Gasteiger partial charge in [0.05, 0.1) is 7.11 Å². The maximum Gasteiger partial charge on any atom is 0.305 e. The van der Waals surface area contributed by atoms with Crippen molar-refractivity contribution in [2.24, 2.45) is 0 Å². The summed E-state index contributed by atoms with van der Waals surface area (Å²) in [6, 6.07) is 0. The van der Waals surface area contributed by atoms with E-state index in [9.17, 15) is 4.79 Å². The van der Waals surface area contributed by atoms with E-state index >= 15 is 0 Å². The molecule has 0 bridgehead atoms. The number of hydrogen-bond acceptors (Lipinski definition) is 2. The molecule has 0 saturated heterocycles. The topological polar surface area (TPSA) is 26.3 Å². The summed E-state index contributed by atoms with van der Waals surface area (Å²) < 4.78 is 4.35. The Balaban J connectivity index is 0. The van der Waals surface area contributed by atoms with Crippen LogP contribution < -0.4 is 0 Å². The van der Waals surface area contributed by atoms with Gasteiger partial charge in [-0.3, -0.25) is 4.79 Å². The van der Waals surface area contributed by atoms with Gasteiger partial charge in [-0.15, -0.1) is 0 Å². The minimum atomic E-state index is -0.123. The molecule has 2 nitrogen and oxygen atoms in total. The third-order valence-corrected chi connectivity index (χ3v) is 0.682. The maximum absolute atomic E-state index is 10.2. The number of esters is 1. The fourth-order valence-electron chi connectivity index (χ4n) is 0.306. The molecule has 0 aliphatic rings. The first-order valence-electron chi connectivity index (χ1n) is 2.38. The molecule has 0 amide bonds. The molecule has 0 N–H and O–H groups in total. The second kappa shape index (κ2) is 7.76. The van der Waals surface area contributed by atoms with Crippen LogP contribution in [0.4, 0.5) is 0 Å². The van der Waals surface area contributed by atoms with Crippen LogP contribution >= 0.6 is 0 Å². The first-order valence-corrected chi connectivity index (χ1v) is 2.38. The van der Waals surface area contributed by atoms with Gasteiger partial charge in [-0.1, -0.05) is 6.92 Å². The van der Waals surface area contributed by atoms with Crippen LogP contribution in [0, 0.1) is 38.6 Å². The van der Waals surface area contributed by atoms with Crippen LogP contribution in [0.5, 0.6) is 0 Å². The first-order chi connectivity index (χ1) is 3.31. The van der Waals surface area contributed by atoms with E-state index in [-0.39, 0.29) is 44.6 Å². The third kappa shape index (κ3) is 6.76. The van der Waals surface area contributed by atoms with E-state index in [1.807, 2.05) is 6.92 Å². The largest absolute Gasteiger partial charge is 0.469 e. The summed E-state index contributed by atoms with van der Waals surface area (Å²) in [4.78, 5) is 10.2. The minimum absolute atomic E-state index is 0. The molecule has 0 heterocycles. The van der Waals surface area contributed by atoms with Crippen molar-refractivity contribution < 1.29 is 48.1 Å². The summed E-state index contributed by atoms with van der Waals surface area (Å²) in [5, 5.41) is 0. The van der Waals surface area contributed by atoms with Gasteiger partial charge in [0.1, 0.15) is 0 Å². The van der Waals surface area contributed by atoms with E-state index in [1.165, 1.54) is 7.11 Å². The molecule has 0 rings (SSSR count). The van der Waals surface area contributed by atoms with Crippen molar-refractivity contribution in [2.45, 2.75) is 19.8 Å². The Labute approximate surface area is 80.4 Å². The quantitative estimate of drug-likeness (QED) is 0.692. The van der Waals surface area contributed by atoms with Crippen molar-refractivity contribution in [3.63, 3.8) is 0 Å². The standard InChI is InChI=1S/C5H10O2.Tb/c1-3-4-5(6)7-2;/h3-4H2,1-2H3;. The van der Waals surface area contributed by atoms with Gasteiger partial charge in [-0.05, 0) is 6.42 Å². The van der Waals surface area contributed by atoms with E-state index < -0.39 is 0 Å². The Kier molecular flexibility index (Phi) is 11.2. The summed E-state index contributed by atoms with van der Waals surface area (Å²) in [5.74, 6) is -0.123. The zero-order valence-electron chi connectivity index (χ0n) is 5.06. The molecule has 1 radical (unpaired) electrons. The van der Waals surface area contributed by atoms with Gasteiger partial charge >= 0.3 is 5.97 Å². The molecule has 0 aromatic heterocycles. The molecule has 0 fully saturated rings. The average molecular weight is 261 g/mol. The number of hydrogen-bond donors (Lipinski definition) is 0. The summed E-state index contributed by atoms with van der Waals surface area (Å²) in [7, 11) is 1.40. The fraction of sp³-hybridized carbons (Fsp3) is 0.800. The van der Waals surface area contributed by atoms with Crippen molar-refractivity contribution >= 4 is 5.97 Å². The second-order valence-electron chi connectivity index (χ2n) is 1.33. The summed E-state index contributed by atoms with van der Waals surface area (Å²) in [5.41, 5.74) is 0. The summed E-state index contributed by atoms with van der Waals surface area (Å²) in [6.45, 7) is 1.94. The molecule has 0 unspecified atom stereocenters. The normalized spacial score (nSPS) is 7.25. The molecule has 0 aliphatic heterocycles. The average Bonchev–Trinajstić information content (AvgIpc) is 1.68. The van der Waals surface area contributed by atoms with Gasteiger partial charge in [0.25, 0.3) is 0 Å². The van der Waals surface area contributed by atoms with Gasteiger partial charge in [-0.2, -0.15) is 0 Å². The number of carbonyl (C=O) groups is 1. The Bertz CT molecular complexity index is 63.4. The van der Waals surface area contributed by atoms with Gasteiger partial charge < -0.3 is 4.74 Å². The predicted octanol–water partition coefficient (Wildman–Crippen LogP) is 0.960. The van der Waals surface area contributed by atoms with Gasteiger partial charge in [0, 0.05) is 45.0 Å². The zero-order valence-corrected chi connectivity index (χ0v) is 7.20. The monoisotopic (exact) mass is 261 g/mol. The van der Waals surface area contributed by atoms with Crippen molar-refractivity contribution in [2.75, 3.05) is 7.11 Å². The van der Waals surface area contributed by atoms with Crippen molar-refractivity contribution in [3.8, 4) is 0 Å². The number of ether oxygens (including phenoxy) is 1. The fourth-order valence-corrected chi connectivity index (χ4v) is 0.306. The number of rotatable bonds is 2. The Morgan fingerprint density at radius 2 is 2.12 bits per heavy atom. The molecule has 0 aromatic rings. The van der Waals surface area contributed by atoms with Crippen LogP contribution in [-0.4, -0.2) is 13.1 Å². The maximum atomic E-state index is 10.2. The molecule has 51 valence electrons. The van der Waals surface area contributed by atoms with Crippen LogP contribution in [0.1, 0.15) is 19.8 Å². The van der Waals surface area contributed by atoms with E-state index in [4.69, 9.17) is 0 Å². The molecule has 0 atom stereocenters. The van der Waals surface area contributed by atoms with Crippen LogP contribution in [0.25, 0.3) is 0 Å². The molecule has 0 aromatic carbocycles. The van der Waals surface area contributed by atoms with Crippen LogP contribution in [-0.2, 0) is 9.53 Å². The summed E-state index contributed by atoms with van der Waals surface area (Å²) in [6.07, 6.45) is 1.41. The minimum Gasteiger partial charge on any atom is -0.469 e. The van der Waals surface area contributed by atoms with Crippen LogP contribution in [0.2, 0.25) is 0 Å². The van der Waals surface area contributed by atoms with Gasteiger partial charge in [0.15, 0.2) is 0 Å². The Hall–Kier alpha value is 0.756. The molecule has 0 saturated carbocycles. The van der Waals surface area contributed by atoms with E-state index in [0.717, 1.165) is 6.42 Å². The molecule has 8 heavy (non-hydrogen) atoms. The molecule has 3 heteroatoms. The number of carbonyl (C=O) groups excluding carboxylic acids is 1. The van der Waals surface area contributed by atoms with Crippen LogP contribution in [0.3, 0.4) is 0 Å². The molecular formula is C5H10O2Tb. The van der Waals surface area contributed by atoms with E-state index in [1.54, 1.807) is 0 Å². The third-order valence-electron chi connectivity index (χ3n) is 0.682. The van der Waals surface area contributed by atoms with Crippen molar-refractivity contribution in [1.29, 1.82) is 0 Å². The van der Waals surface area contributed by atoms with Gasteiger partial charge in [0.2, 0.25) is 0 Å². The number of methoxy groups -OCH3 is 1. The van der Waals surface area contributed by atoms with E-state index in [2.05, 4.69) is 4.74 Å². The van der Waals surface area contributed by atoms with E-state index in [0.29, 0.717) is 6.42 Å². The zero-order chi connectivity index (χ0) is 5.70. The summed E-state index contributed by atoms with van der Waals surface area (Å²) >= 11 is 0. The SMILES string of the molecule is CCCC(=O)OC.[Tb]. The van der Waals surface area contributed by atoms with Crippen LogP contribution in [0.15, 0.2) is 0 Å².